The lowest BCUT2D eigenvalue weighted by Crippen LogP contribution is -2.49. The topological polar surface area (TPSA) is 6.48 Å². The molecule has 316 valence electrons. The molecule has 11 fully saturated rings. The minimum absolute atomic E-state index is 0.952. The van der Waals surface area contributed by atoms with Crippen LogP contribution >= 0.6 is 0 Å². The average molecular weight is 767 g/mol. The van der Waals surface area contributed by atoms with Crippen LogP contribution in [0.25, 0.3) is 0 Å². The molecule has 0 aromatic rings. The third-order valence-electron chi connectivity index (χ3n) is 22.0. The lowest BCUT2D eigenvalue weighted by molar-refractivity contribution is 0.0185. The van der Waals surface area contributed by atoms with Crippen molar-refractivity contribution in [3.05, 3.63) is 0 Å². The van der Waals surface area contributed by atoms with Crippen molar-refractivity contribution in [2.45, 2.75) is 267 Å². The predicted octanol–water partition coefficient (Wildman–Crippen LogP) is 14.4. The van der Waals surface area contributed by atoms with Crippen LogP contribution in [0.5, 0.6) is 0 Å². The summed E-state index contributed by atoms with van der Waals surface area (Å²) in [5, 5.41) is 0. The molecule has 0 radical (unpaired) electrons. The van der Waals surface area contributed by atoms with E-state index in [1.807, 2.05) is 0 Å². The maximum absolute atomic E-state index is 3.35. The first kappa shape index (κ1) is 38.8. The van der Waals surface area contributed by atoms with E-state index in [0.29, 0.717) is 0 Å². The van der Waals surface area contributed by atoms with Crippen LogP contribution in [0, 0.1) is 71.0 Å². The van der Waals surface area contributed by atoms with Gasteiger partial charge in [0.2, 0.25) is 0 Å². The molecule has 0 N–H and O–H groups in total. The molecule has 56 heavy (non-hydrogen) atoms. The summed E-state index contributed by atoms with van der Waals surface area (Å²) in [7, 11) is 0. The Balaban J connectivity index is 0.727. The van der Waals surface area contributed by atoms with Gasteiger partial charge >= 0.3 is 0 Å². The summed E-state index contributed by atoms with van der Waals surface area (Å²) in [5.41, 5.74) is 0. The highest BCUT2D eigenvalue weighted by molar-refractivity contribution is 5.09. The lowest BCUT2D eigenvalue weighted by Gasteiger charge is -2.48. The van der Waals surface area contributed by atoms with Gasteiger partial charge in [-0.25, -0.2) is 0 Å². The summed E-state index contributed by atoms with van der Waals surface area (Å²) in [6, 6.07) is 5.80. The summed E-state index contributed by atoms with van der Waals surface area (Å²) in [4.78, 5) is 6.68. The zero-order valence-corrected chi connectivity index (χ0v) is 36.7. The van der Waals surface area contributed by atoms with Crippen LogP contribution in [0.2, 0.25) is 0 Å². The van der Waals surface area contributed by atoms with Crippen molar-refractivity contribution in [3.63, 3.8) is 0 Å². The van der Waals surface area contributed by atoms with Gasteiger partial charge in [-0.1, -0.05) is 122 Å². The predicted molar refractivity (Wildman–Crippen MR) is 234 cm³/mol. The van der Waals surface area contributed by atoms with Crippen molar-refractivity contribution in [3.8, 4) is 0 Å². The Morgan fingerprint density at radius 3 is 1.14 bits per heavy atom. The second kappa shape index (κ2) is 17.4. The Labute approximate surface area is 347 Å². The normalized spacial score (nSPS) is 50.1. The van der Waals surface area contributed by atoms with Gasteiger partial charge in [-0.05, 0) is 180 Å². The molecular weight excluding hydrogens is 677 g/mol. The number of nitrogens with zero attached hydrogens (tertiary/aromatic N) is 2. The van der Waals surface area contributed by atoms with Crippen molar-refractivity contribution in [1.29, 1.82) is 0 Å². The molecule has 2 heteroatoms. The van der Waals surface area contributed by atoms with Gasteiger partial charge in [0.1, 0.15) is 0 Å². The van der Waals surface area contributed by atoms with Gasteiger partial charge in [-0.2, -0.15) is 0 Å². The minimum atomic E-state index is 0.952. The van der Waals surface area contributed by atoms with Gasteiger partial charge in [0.15, 0.2) is 0 Å². The molecule has 0 spiro atoms. The largest absolute Gasteiger partial charge is 0.294 e. The molecule has 11 aliphatic rings. The molecule has 0 amide bonds. The zero-order chi connectivity index (χ0) is 37.0. The fraction of sp³-hybridized carbons (Fsp3) is 1.00. The van der Waals surface area contributed by atoms with E-state index < -0.39 is 0 Å². The van der Waals surface area contributed by atoms with E-state index in [2.05, 4.69) is 9.80 Å². The van der Waals surface area contributed by atoms with Crippen LogP contribution in [0.15, 0.2) is 0 Å². The summed E-state index contributed by atoms with van der Waals surface area (Å²) in [6.45, 7) is 0. The van der Waals surface area contributed by atoms with E-state index in [1.54, 1.807) is 180 Å². The van der Waals surface area contributed by atoms with E-state index in [-0.39, 0.29) is 0 Å². The Morgan fingerprint density at radius 2 is 0.571 bits per heavy atom. The van der Waals surface area contributed by atoms with E-state index in [4.69, 9.17) is 0 Å². The van der Waals surface area contributed by atoms with Crippen LogP contribution in [0.4, 0.5) is 0 Å². The van der Waals surface area contributed by atoms with Gasteiger partial charge < -0.3 is 0 Å². The summed E-state index contributed by atoms with van der Waals surface area (Å²) in [6.07, 6.45) is 56.6. The molecule has 9 aliphatic carbocycles. The van der Waals surface area contributed by atoms with Crippen molar-refractivity contribution in [1.82, 2.24) is 9.80 Å². The number of hydrogen-bond acceptors (Lipinski definition) is 2. The number of hydrogen-bond donors (Lipinski definition) is 0. The summed E-state index contributed by atoms with van der Waals surface area (Å²) < 4.78 is 0. The highest BCUT2D eigenvalue weighted by Crippen LogP contribution is 2.58. The maximum atomic E-state index is 3.35. The first-order chi connectivity index (χ1) is 27.8. The summed E-state index contributed by atoms with van der Waals surface area (Å²) >= 11 is 0. The van der Waals surface area contributed by atoms with Gasteiger partial charge in [0.25, 0.3) is 0 Å². The van der Waals surface area contributed by atoms with Crippen LogP contribution in [0.3, 0.4) is 0 Å². The van der Waals surface area contributed by atoms with Crippen LogP contribution in [-0.4, -0.2) is 46.1 Å². The number of fused-ring (bicyclic) bond motifs is 6. The van der Waals surface area contributed by atoms with Crippen molar-refractivity contribution >= 4 is 0 Å². The minimum Gasteiger partial charge on any atom is -0.294 e. The molecule has 2 aliphatic heterocycles. The fourth-order valence-corrected chi connectivity index (χ4v) is 19.7. The standard InChI is InChI=1S/C54H90N2/c1-3-13-37(14-4-1)39-25-29-45(30-26-39)55-51-23-9-7-21-47(51)49-35-43(27-31-53(49)55)40-17-11-18-41(33-40)44-28-32-54-50(36-44)48-22-8-10-24-52(48)56(54)46-20-12-19-42(34-46)38-15-5-2-6-16-38/h37-54H,1-36H2. The molecule has 0 aromatic carbocycles. The molecular formula is C54H90N2. The second-order valence-electron chi connectivity index (χ2n) is 24.2. The Hall–Kier alpha value is -0.0800. The first-order valence-corrected chi connectivity index (χ1v) is 27.3. The molecule has 14 unspecified atom stereocenters. The Morgan fingerprint density at radius 1 is 0.196 bits per heavy atom. The number of rotatable bonds is 6. The zero-order valence-electron chi connectivity index (χ0n) is 36.7. The van der Waals surface area contributed by atoms with Crippen molar-refractivity contribution < 1.29 is 0 Å². The van der Waals surface area contributed by atoms with Crippen molar-refractivity contribution in [2.24, 2.45) is 71.0 Å². The average Bonchev–Trinajstić information content (AvgIpc) is 3.79. The SMILES string of the molecule is C1CCC(C2CCC(N3C4CCCCC4C4CC(C5CCCC(C6CCC7C(C6)C6CCCCC6N7C6CCCC(C7CCCCC7)C6)C5)CCC43)CC2)CC1. The monoisotopic (exact) mass is 767 g/mol. The molecule has 0 bridgehead atoms. The van der Waals surface area contributed by atoms with E-state index in [1.165, 1.54) is 51.4 Å². The first-order valence-electron chi connectivity index (χ1n) is 27.3. The Bertz CT molecular complexity index is 1260. The van der Waals surface area contributed by atoms with Crippen LogP contribution in [0.1, 0.15) is 231 Å². The number of likely N-dealkylation sites (tertiary alicyclic amines) is 2. The lowest BCUT2D eigenvalue weighted by atomic mass is 9.60. The van der Waals surface area contributed by atoms with Gasteiger partial charge in [0, 0.05) is 36.3 Å². The van der Waals surface area contributed by atoms with Crippen molar-refractivity contribution in [2.75, 3.05) is 0 Å². The maximum Gasteiger partial charge on any atom is 0.0133 e. The molecule has 2 nitrogen and oxygen atoms in total. The second-order valence-corrected chi connectivity index (χ2v) is 24.2. The third kappa shape index (κ3) is 7.50. The van der Waals surface area contributed by atoms with Crippen LogP contribution in [-0.2, 0) is 0 Å². The Kier molecular flexibility index (Phi) is 12.0. The quantitative estimate of drug-likeness (QED) is 0.266. The van der Waals surface area contributed by atoms with Gasteiger partial charge in [-0.3, -0.25) is 9.80 Å². The molecule has 2 heterocycles. The van der Waals surface area contributed by atoms with Crippen LogP contribution < -0.4 is 0 Å². The molecule has 9 saturated carbocycles. The van der Waals surface area contributed by atoms with E-state index >= 15 is 0 Å². The highest BCUT2D eigenvalue weighted by Gasteiger charge is 2.56. The molecule has 14 atom stereocenters. The fourth-order valence-electron chi connectivity index (χ4n) is 19.7. The highest BCUT2D eigenvalue weighted by atomic mass is 15.3. The summed E-state index contributed by atoms with van der Waals surface area (Å²) in [5.74, 6) is 12.9. The smallest absolute Gasteiger partial charge is 0.0133 e. The third-order valence-corrected chi connectivity index (χ3v) is 22.0. The van der Waals surface area contributed by atoms with Gasteiger partial charge in [-0.15, -0.1) is 0 Å². The molecule has 0 aromatic heterocycles. The van der Waals surface area contributed by atoms with E-state index in [0.717, 1.165) is 107 Å². The van der Waals surface area contributed by atoms with Gasteiger partial charge in [0.05, 0.1) is 0 Å². The molecule has 11 rings (SSSR count). The van der Waals surface area contributed by atoms with E-state index in [9.17, 15) is 0 Å². The molecule has 2 saturated heterocycles.